The van der Waals surface area contributed by atoms with Gasteiger partial charge in [-0.3, -0.25) is 14.6 Å². The van der Waals surface area contributed by atoms with Crippen molar-refractivity contribution in [2.45, 2.75) is 13.3 Å². The lowest BCUT2D eigenvalue weighted by Crippen LogP contribution is -2.30. The third kappa shape index (κ3) is 2.50. The fourth-order valence-corrected chi connectivity index (χ4v) is 2.08. The van der Waals surface area contributed by atoms with Crippen LogP contribution >= 0.6 is 0 Å². The smallest absolute Gasteiger partial charge is 0.310 e. The molecule has 5 heteroatoms. The number of nitrogens with zero attached hydrogens (tertiary/aromatic N) is 2. The van der Waals surface area contributed by atoms with Gasteiger partial charge in [-0.05, 0) is 25.5 Å². The number of carbonyl (C=O) groups is 2. The Morgan fingerprint density at radius 1 is 1.44 bits per heavy atom. The maximum absolute atomic E-state index is 12.1. The van der Waals surface area contributed by atoms with Crippen LogP contribution in [0.15, 0.2) is 18.3 Å². The number of likely N-dealkylation sites (tertiary alicyclic amines) is 1. The van der Waals surface area contributed by atoms with Crippen LogP contribution in [0.25, 0.3) is 0 Å². The van der Waals surface area contributed by atoms with E-state index in [0.29, 0.717) is 25.1 Å². The molecule has 5 nitrogen and oxygen atoms in total. The summed E-state index contributed by atoms with van der Waals surface area (Å²) in [4.78, 5) is 29.3. The molecule has 2 heterocycles. The van der Waals surface area contributed by atoms with Crippen LogP contribution in [-0.2, 0) is 9.53 Å². The molecule has 1 fully saturated rings. The fraction of sp³-hybridized carbons (Fsp3) is 0.462. The number of methoxy groups -OCH3 is 1. The number of amides is 1. The minimum atomic E-state index is -0.243. The summed E-state index contributed by atoms with van der Waals surface area (Å²) in [5.74, 6) is -0.515. The van der Waals surface area contributed by atoms with E-state index in [-0.39, 0.29) is 17.8 Å². The largest absolute Gasteiger partial charge is 0.469 e. The van der Waals surface area contributed by atoms with Crippen LogP contribution in [0.4, 0.5) is 0 Å². The van der Waals surface area contributed by atoms with Crippen molar-refractivity contribution in [1.29, 1.82) is 0 Å². The molecule has 0 spiro atoms. The third-order valence-electron chi connectivity index (χ3n) is 3.17. The zero-order valence-corrected chi connectivity index (χ0v) is 10.5. The topological polar surface area (TPSA) is 59.5 Å². The molecule has 1 aromatic heterocycles. The highest BCUT2D eigenvalue weighted by Gasteiger charge is 2.32. The van der Waals surface area contributed by atoms with Crippen LogP contribution in [-0.4, -0.2) is 42.0 Å². The highest BCUT2D eigenvalue weighted by atomic mass is 16.5. The summed E-state index contributed by atoms with van der Waals surface area (Å²) in [5, 5.41) is 0. The van der Waals surface area contributed by atoms with Gasteiger partial charge in [0.25, 0.3) is 5.91 Å². The molecule has 0 N–H and O–H groups in total. The van der Waals surface area contributed by atoms with E-state index in [1.54, 1.807) is 23.2 Å². The average molecular weight is 248 g/mol. The zero-order chi connectivity index (χ0) is 13.1. The lowest BCUT2D eigenvalue weighted by Gasteiger charge is -2.15. The first-order valence-corrected chi connectivity index (χ1v) is 5.91. The minimum absolute atomic E-state index is 0.0751. The molecule has 2 rings (SSSR count). The van der Waals surface area contributed by atoms with Crippen molar-refractivity contribution in [3.05, 3.63) is 29.6 Å². The third-order valence-corrected chi connectivity index (χ3v) is 3.17. The van der Waals surface area contributed by atoms with E-state index in [1.165, 1.54) is 7.11 Å². The molecule has 18 heavy (non-hydrogen) atoms. The van der Waals surface area contributed by atoms with Crippen molar-refractivity contribution in [3.63, 3.8) is 0 Å². The molecular formula is C13H16N2O3. The highest BCUT2D eigenvalue weighted by Crippen LogP contribution is 2.19. The van der Waals surface area contributed by atoms with E-state index < -0.39 is 0 Å². The predicted molar refractivity (Wildman–Crippen MR) is 65.0 cm³/mol. The van der Waals surface area contributed by atoms with Crippen LogP contribution < -0.4 is 0 Å². The molecule has 1 aromatic rings. The molecule has 0 aliphatic carbocycles. The summed E-state index contributed by atoms with van der Waals surface area (Å²) in [6.45, 7) is 2.89. The predicted octanol–water partition coefficient (Wildman–Crippen LogP) is 1.03. The van der Waals surface area contributed by atoms with E-state index >= 15 is 0 Å². The van der Waals surface area contributed by atoms with Gasteiger partial charge in [-0.25, -0.2) is 0 Å². The fourth-order valence-electron chi connectivity index (χ4n) is 2.08. The van der Waals surface area contributed by atoms with Gasteiger partial charge < -0.3 is 9.64 Å². The summed E-state index contributed by atoms with van der Waals surface area (Å²) in [6.07, 6.45) is 2.24. The molecule has 0 saturated carbocycles. The standard InChI is InChI=1S/C13H16N2O3/c1-9-3-4-10(7-14-9)12(16)15-6-5-11(8-15)13(17)18-2/h3-4,7,11H,5-6,8H2,1-2H3/t11-/m1/s1. The first-order valence-electron chi connectivity index (χ1n) is 5.91. The SMILES string of the molecule is COC(=O)[C@@H]1CCN(C(=O)c2ccc(C)nc2)C1. The van der Waals surface area contributed by atoms with Gasteiger partial charge in [0.1, 0.15) is 0 Å². The highest BCUT2D eigenvalue weighted by molar-refractivity contribution is 5.94. The Hall–Kier alpha value is -1.91. The second kappa shape index (κ2) is 5.16. The average Bonchev–Trinajstić information content (AvgIpc) is 2.87. The Morgan fingerprint density at radius 3 is 2.83 bits per heavy atom. The summed E-state index contributed by atoms with van der Waals surface area (Å²) in [6, 6.07) is 3.57. The number of hydrogen-bond acceptors (Lipinski definition) is 4. The molecule has 1 amide bonds. The van der Waals surface area contributed by atoms with Crippen LogP contribution in [0.2, 0.25) is 0 Å². The molecule has 0 aromatic carbocycles. The van der Waals surface area contributed by atoms with Crippen molar-refractivity contribution >= 4 is 11.9 Å². The molecular weight excluding hydrogens is 232 g/mol. The van der Waals surface area contributed by atoms with Crippen LogP contribution in [0.5, 0.6) is 0 Å². The lowest BCUT2D eigenvalue weighted by atomic mass is 10.1. The van der Waals surface area contributed by atoms with Crippen LogP contribution in [0.3, 0.4) is 0 Å². The molecule has 0 bridgehead atoms. The summed E-state index contributed by atoms with van der Waals surface area (Å²) in [7, 11) is 1.37. The Balaban J connectivity index is 2.03. The van der Waals surface area contributed by atoms with Gasteiger partial charge in [0.05, 0.1) is 18.6 Å². The number of esters is 1. The van der Waals surface area contributed by atoms with Gasteiger partial charge in [0, 0.05) is 25.0 Å². The second-order valence-corrected chi connectivity index (χ2v) is 4.45. The first kappa shape index (κ1) is 12.5. The summed E-state index contributed by atoms with van der Waals surface area (Å²) < 4.78 is 4.69. The van der Waals surface area contributed by atoms with Crippen molar-refractivity contribution < 1.29 is 14.3 Å². The summed E-state index contributed by atoms with van der Waals surface area (Å²) >= 11 is 0. The van der Waals surface area contributed by atoms with Gasteiger partial charge in [-0.15, -0.1) is 0 Å². The number of aryl methyl sites for hydroxylation is 1. The van der Waals surface area contributed by atoms with E-state index in [9.17, 15) is 9.59 Å². The molecule has 1 atom stereocenters. The monoisotopic (exact) mass is 248 g/mol. The van der Waals surface area contributed by atoms with Crippen molar-refractivity contribution in [2.24, 2.45) is 5.92 Å². The van der Waals surface area contributed by atoms with Crippen LogP contribution in [0.1, 0.15) is 22.5 Å². The Morgan fingerprint density at radius 2 is 2.22 bits per heavy atom. The number of aromatic nitrogens is 1. The van der Waals surface area contributed by atoms with Gasteiger partial charge in [-0.2, -0.15) is 0 Å². The maximum atomic E-state index is 12.1. The zero-order valence-electron chi connectivity index (χ0n) is 10.5. The molecule has 0 radical (unpaired) electrons. The van der Waals surface area contributed by atoms with Crippen LogP contribution in [0, 0.1) is 12.8 Å². The van der Waals surface area contributed by atoms with Gasteiger partial charge in [-0.1, -0.05) is 0 Å². The lowest BCUT2D eigenvalue weighted by molar-refractivity contribution is -0.144. The second-order valence-electron chi connectivity index (χ2n) is 4.45. The number of pyridine rings is 1. The van der Waals surface area contributed by atoms with E-state index in [1.807, 2.05) is 6.92 Å². The van der Waals surface area contributed by atoms with Crippen molar-refractivity contribution in [3.8, 4) is 0 Å². The number of rotatable bonds is 2. The van der Waals surface area contributed by atoms with Gasteiger partial charge in [0.15, 0.2) is 0 Å². The Bertz CT molecular complexity index is 456. The van der Waals surface area contributed by atoms with E-state index in [2.05, 4.69) is 4.98 Å². The molecule has 1 saturated heterocycles. The van der Waals surface area contributed by atoms with Crippen molar-refractivity contribution in [2.75, 3.05) is 20.2 Å². The van der Waals surface area contributed by atoms with E-state index in [4.69, 9.17) is 4.74 Å². The first-order chi connectivity index (χ1) is 8.61. The minimum Gasteiger partial charge on any atom is -0.469 e. The molecule has 96 valence electrons. The van der Waals surface area contributed by atoms with Gasteiger partial charge >= 0.3 is 5.97 Å². The number of hydrogen-bond donors (Lipinski definition) is 0. The molecule has 1 aliphatic rings. The normalized spacial score (nSPS) is 18.8. The maximum Gasteiger partial charge on any atom is 0.310 e. The van der Waals surface area contributed by atoms with E-state index in [0.717, 1.165) is 5.69 Å². The summed E-state index contributed by atoms with van der Waals surface area (Å²) in [5.41, 5.74) is 1.44. The quantitative estimate of drug-likeness (QED) is 0.733. The Kier molecular flexibility index (Phi) is 3.60. The Labute approximate surface area is 106 Å². The number of carbonyl (C=O) groups excluding carboxylic acids is 2. The molecule has 0 unspecified atom stereocenters. The van der Waals surface area contributed by atoms with Gasteiger partial charge in [0.2, 0.25) is 0 Å². The number of ether oxygens (including phenoxy) is 1. The molecule has 1 aliphatic heterocycles. The van der Waals surface area contributed by atoms with Crippen molar-refractivity contribution in [1.82, 2.24) is 9.88 Å².